The average molecular weight is 237 g/mol. The number of amides is 1. The fourth-order valence-electron chi connectivity index (χ4n) is 1.76. The van der Waals surface area contributed by atoms with Crippen LogP contribution in [-0.2, 0) is 0 Å². The van der Waals surface area contributed by atoms with E-state index in [4.69, 9.17) is 5.73 Å². The minimum absolute atomic E-state index is 0.123. The molecule has 0 aromatic carbocycles. The molecule has 0 spiro atoms. The van der Waals surface area contributed by atoms with E-state index in [1.165, 1.54) is 11.3 Å². The standard InChI is InChI=1S/C11H15N3OS/c12-11-14-9(7-16-11)10(15)13-6-8-4-2-1-3-5-8/h1-2,7-8H,3-6H2,(H2,12,14)(H,13,15). The maximum Gasteiger partial charge on any atom is 0.270 e. The molecule has 1 aliphatic carbocycles. The zero-order chi connectivity index (χ0) is 11.4. The summed E-state index contributed by atoms with van der Waals surface area (Å²) in [4.78, 5) is 15.6. The SMILES string of the molecule is Nc1nc(C(=O)NCC2CC=CCC2)cs1. The Morgan fingerprint density at radius 2 is 2.50 bits per heavy atom. The van der Waals surface area contributed by atoms with Crippen molar-refractivity contribution in [3.8, 4) is 0 Å². The molecule has 86 valence electrons. The first kappa shape index (κ1) is 11.1. The minimum Gasteiger partial charge on any atom is -0.375 e. The summed E-state index contributed by atoms with van der Waals surface area (Å²) in [6.07, 6.45) is 7.69. The first-order chi connectivity index (χ1) is 7.75. The third kappa shape index (κ3) is 2.82. The highest BCUT2D eigenvalue weighted by Crippen LogP contribution is 2.17. The second-order valence-electron chi connectivity index (χ2n) is 3.93. The molecule has 0 saturated heterocycles. The molecule has 0 fully saturated rings. The van der Waals surface area contributed by atoms with Gasteiger partial charge in [-0.15, -0.1) is 11.3 Å². The predicted molar refractivity (Wildman–Crippen MR) is 65.3 cm³/mol. The van der Waals surface area contributed by atoms with Crippen LogP contribution in [0.1, 0.15) is 29.8 Å². The van der Waals surface area contributed by atoms with E-state index >= 15 is 0 Å². The van der Waals surface area contributed by atoms with E-state index in [9.17, 15) is 4.79 Å². The normalized spacial score (nSPS) is 19.6. The molecule has 16 heavy (non-hydrogen) atoms. The number of nitrogen functional groups attached to an aromatic ring is 1. The van der Waals surface area contributed by atoms with E-state index in [1.807, 2.05) is 0 Å². The van der Waals surface area contributed by atoms with Gasteiger partial charge in [0.15, 0.2) is 5.13 Å². The largest absolute Gasteiger partial charge is 0.375 e. The molecular formula is C11H15N3OS. The molecule has 1 aromatic rings. The number of anilines is 1. The summed E-state index contributed by atoms with van der Waals surface area (Å²) >= 11 is 1.29. The Hall–Kier alpha value is -1.36. The third-order valence-electron chi connectivity index (χ3n) is 2.68. The first-order valence-electron chi connectivity index (χ1n) is 5.40. The zero-order valence-electron chi connectivity index (χ0n) is 8.98. The number of carbonyl (C=O) groups excluding carboxylic acids is 1. The summed E-state index contributed by atoms with van der Waals surface area (Å²) in [6.45, 7) is 0.723. The van der Waals surface area contributed by atoms with E-state index in [1.54, 1.807) is 5.38 Å². The monoisotopic (exact) mass is 237 g/mol. The first-order valence-corrected chi connectivity index (χ1v) is 6.28. The maximum atomic E-state index is 11.7. The van der Waals surface area contributed by atoms with E-state index in [0.29, 0.717) is 16.7 Å². The molecule has 1 atom stereocenters. The van der Waals surface area contributed by atoms with Gasteiger partial charge in [-0.05, 0) is 25.2 Å². The molecular weight excluding hydrogens is 222 g/mol. The Bertz CT molecular complexity index is 400. The summed E-state index contributed by atoms with van der Waals surface area (Å²) < 4.78 is 0. The van der Waals surface area contributed by atoms with Gasteiger partial charge in [-0.25, -0.2) is 4.98 Å². The lowest BCUT2D eigenvalue weighted by molar-refractivity contribution is 0.0942. The summed E-state index contributed by atoms with van der Waals surface area (Å²) in [5, 5.41) is 5.02. The number of hydrogen-bond donors (Lipinski definition) is 2. The van der Waals surface area contributed by atoms with Gasteiger partial charge in [0.25, 0.3) is 5.91 Å². The van der Waals surface area contributed by atoms with Crippen LogP contribution < -0.4 is 11.1 Å². The summed E-state index contributed by atoms with van der Waals surface area (Å²) in [6, 6.07) is 0. The number of aromatic nitrogens is 1. The van der Waals surface area contributed by atoms with Crippen LogP contribution in [-0.4, -0.2) is 17.4 Å². The number of nitrogens with zero attached hydrogens (tertiary/aromatic N) is 1. The molecule has 1 amide bonds. The molecule has 3 N–H and O–H groups in total. The summed E-state index contributed by atoms with van der Waals surface area (Å²) in [5.41, 5.74) is 5.90. The number of carbonyl (C=O) groups is 1. The number of hydrogen-bond acceptors (Lipinski definition) is 4. The quantitative estimate of drug-likeness (QED) is 0.788. The summed E-state index contributed by atoms with van der Waals surface area (Å²) in [7, 11) is 0. The lowest BCUT2D eigenvalue weighted by Gasteiger charge is -2.17. The number of thiazole rings is 1. The van der Waals surface area contributed by atoms with Crippen LogP contribution in [0.15, 0.2) is 17.5 Å². The molecule has 1 aromatic heterocycles. The second kappa shape index (κ2) is 5.12. The minimum atomic E-state index is -0.123. The summed E-state index contributed by atoms with van der Waals surface area (Å²) in [5.74, 6) is 0.437. The number of allylic oxidation sites excluding steroid dienone is 2. The van der Waals surface area contributed by atoms with Crippen LogP contribution >= 0.6 is 11.3 Å². The van der Waals surface area contributed by atoms with Gasteiger partial charge in [-0.1, -0.05) is 12.2 Å². The maximum absolute atomic E-state index is 11.7. The van der Waals surface area contributed by atoms with Crippen LogP contribution in [0.2, 0.25) is 0 Å². The van der Waals surface area contributed by atoms with E-state index < -0.39 is 0 Å². The van der Waals surface area contributed by atoms with E-state index in [-0.39, 0.29) is 5.91 Å². The Balaban J connectivity index is 1.81. The molecule has 0 aliphatic heterocycles. The molecule has 1 unspecified atom stereocenters. The van der Waals surface area contributed by atoms with E-state index in [0.717, 1.165) is 25.8 Å². The Kier molecular flexibility index (Phi) is 3.56. The molecule has 0 radical (unpaired) electrons. The highest BCUT2D eigenvalue weighted by molar-refractivity contribution is 7.13. The van der Waals surface area contributed by atoms with Crippen LogP contribution in [0, 0.1) is 5.92 Å². The molecule has 1 aliphatic rings. The van der Waals surface area contributed by atoms with Gasteiger partial charge in [-0.3, -0.25) is 4.79 Å². The van der Waals surface area contributed by atoms with Crippen molar-refractivity contribution in [1.82, 2.24) is 10.3 Å². The number of nitrogens with one attached hydrogen (secondary N) is 1. The lowest BCUT2D eigenvalue weighted by atomic mass is 9.94. The lowest BCUT2D eigenvalue weighted by Crippen LogP contribution is -2.29. The van der Waals surface area contributed by atoms with Crippen LogP contribution in [0.3, 0.4) is 0 Å². The fourth-order valence-corrected chi connectivity index (χ4v) is 2.30. The van der Waals surface area contributed by atoms with Gasteiger partial charge in [0.1, 0.15) is 5.69 Å². The highest BCUT2D eigenvalue weighted by Gasteiger charge is 2.13. The number of nitrogens with two attached hydrogens (primary N) is 1. The van der Waals surface area contributed by atoms with Crippen molar-refractivity contribution in [1.29, 1.82) is 0 Å². The Morgan fingerprint density at radius 3 is 3.12 bits per heavy atom. The van der Waals surface area contributed by atoms with Crippen molar-refractivity contribution >= 4 is 22.4 Å². The predicted octanol–water partition coefficient (Wildman–Crippen LogP) is 1.81. The van der Waals surface area contributed by atoms with Crippen molar-refractivity contribution in [3.63, 3.8) is 0 Å². The molecule has 5 heteroatoms. The Labute approximate surface area is 98.6 Å². The van der Waals surface area contributed by atoms with Gasteiger partial charge in [0.2, 0.25) is 0 Å². The van der Waals surface area contributed by atoms with Crippen molar-refractivity contribution in [3.05, 3.63) is 23.2 Å². The van der Waals surface area contributed by atoms with Crippen LogP contribution in [0.5, 0.6) is 0 Å². The van der Waals surface area contributed by atoms with Crippen LogP contribution in [0.4, 0.5) is 5.13 Å². The fraction of sp³-hybridized carbons (Fsp3) is 0.455. The smallest absolute Gasteiger partial charge is 0.270 e. The van der Waals surface area contributed by atoms with Gasteiger partial charge in [0.05, 0.1) is 0 Å². The van der Waals surface area contributed by atoms with Crippen LogP contribution in [0.25, 0.3) is 0 Å². The zero-order valence-corrected chi connectivity index (χ0v) is 9.80. The van der Waals surface area contributed by atoms with E-state index in [2.05, 4.69) is 22.5 Å². The van der Waals surface area contributed by atoms with Gasteiger partial charge < -0.3 is 11.1 Å². The van der Waals surface area contributed by atoms with Crippen molar-refractivity contribution in [2.24, 2.45) is 5.92 Å². The van der Waals surface area contributed by atoms with Gasteiger partial charge >= 0.3 is 0 Å². The second-order valence-corrected chi connectivity index (χ2v) is 4.82. The van der Waals surface area contributed by atoms with Gasteiger partial charge in [0, 0.05) is 11.9 Å². The molecule has 4 nitrogen and oxygen atoms in total. The number of rotatable bonds is 3. The highest BCUT2D eigenvalue weighted by atomic mass is 32.1. The van der Waals surface area contributed by atoms with Gasteiger partial charge in [-0.2, -0.15) is 0 Å². The Morgan fingerprint density at radius 1 is 1.62 bits per heavy atom. The molecule has 0 bridgehead atoms. The third-order valence-corrected chi connectivity index (χ3v) is 3.36. The molecule has 0 saturated carbocycles. The van der Waals surface area contributed by atoms with Crippen molar-refractivity contribution in [2.45, 2.75) is 19.3 Å². The molecule has 2 rings (SSSR count). The van der Waals surface area contributed by atoms with Crippen molar-refractivity contribution in [2.75, 3.05) is 12.3 Å². The molecule has 1 heterocycles. The van der Waals surface area contributed by atoms with Crippen molar-refractivity contribution < 1.29 is 4.79 Å². The topological polar surface area (TPSA) is 68.0 Å². The average Bonchev–Trinajstić information content (AvgIpc) is 2.74.